The second kappa shape index (κ2) is 5.60. The Balaban J connectivity index is 1.34. The van der Waals surface area contributed by atoms with Gasteiger partial charge in [0, 0.05) is 61.8 Å². The number of fused-ring (bicyclic) bond motifs is 2. The van der Waals surface area contributed by atoms with Crippen molar-refractivity contribution in [1.29, 1.82) is 0 Å². The highest BCUT2D eigenvalue weighted by molar-refractivity contribution is 5.62. The van der Waals surface area contributed by atoms with Crippen molar-refractivity contribution in [3.05, 3.63) is 53.0 Å². The van der Waals surface area contributed by atoms with Crippen molar-refractivity contribution in [1.82, 2.24) is 33.9 Å². The molecule has 2 saturated heterocycles. The number of rotatable bonds is 2. The molecule has 4 aromatic rings. The smallest absolute Gasteiger partial charge is 0.258 e. The van der Waals surface area contributed by atoms with Gasteiger partial charge in [0.15, 0.2) is 0 Å². The summed E-state index contributed by atoms with van der Waals surface area (Å²) in [5.41, 5.74) is 3.32. The van der Waals surface area contributed by atoms with E-state index in [0.717, 1.165) is 37.4 Å². The molecule has 6 heterocycles. The van der Waals surface area contributed by atoms with Crippen molar-refractivity contribution in [2.45, 2.75) is 6.92 Å². The van der Waals surface area contributed by atoms with E-state index in [1.165, 1.54) is 0 Å². The summed E-state index contributed by atoms with van der Waals surface area (Å²) in [7, 11) is 2.16. The highest BCUT2D eigenvalue weighted by Gasteiger charge is 2.50. The summed E-state index contributed by atoms with van der Waals surface area (Å²) >= 11 is 0. The molecule has 0 amide bonds. The third-order valence-corrected chi connectivity index (χ3v) is 5.87. The average molecular weight is 388 g/mol. The Morgan fingerprint density at radius 2 is 1.90 bits per heavy atom. The highest BCUT2D eigenvalue weighted by Crippen LogP contribution is 2.40. The Kier molecular flexibility index (Phi) is 3.21. The monoisotopic (exact) mass is 388 g/mol. The van der Waals surface area contributed by atoms with E-state index in [-0.39, 0.29) is 5.56 Å². The van der Waals surface area contributed by atoms with Gasteiger partial charge < -0.3 is 9.80 Å². The fourth-order valence-corrected chi connectivity index (χ4v) is 4.69. The molecule has 0 N–H and O–H groups in total. The molecule has 0 aromatic carbocycles. The minimum absolute atomic E-state index is 0.111. The zero-order chi connectivity index (χ0) is 19.8. The number of aromatic nitrogens is 6. The van der Waals surface area contributed by atoms with Gasteiger partial charge in [-0.15, -0.1) is 0 Å². The zero-order valence-corrected chi connectivity index (χ0v) is 16.3. The topological polar surface area (TPSA) is 83.9 Å². The molecule has 2 fully saturated rings. The fraction of sp³-hybridized carbons (Fsp3) is 0.350. The van der Waals surface area contributed by atoms with Gasteiger partial charge in [-0.3, -0.25) is 9.20 Å². The van der Waals surface area contributed by atoms with Crippen molar-refractivity contribution in [2.75, 3.05) is 38.1 Å². The van der Waals surface area contributed by atoms with Crippen LogP contribution in [0.25, 0.3) is 22.7 Å². The summed E-state index contributed by atoms with van der Waals surface area (Å²) in [5, 5.41) is 4.28. The van der Waals surface area contributed by atoms with Gasteiger partial charge in [0.05, 0.1) is 11.4 Å². The number of likely N-dealkylation sites (tertiary alicyclic amines) is 1. The van der Waals surface area contributed by atoms with Crippen LogP contribution in [0.5, 0.6) is 0 Å². The minimum Gasteiger partial charge on any atom is -0.369 e. The second-order valence-electron chi connectivity index (χ2n) is 8.37. The Bertz CT molecular complexity index is 1330. The highest BCUT2D eigenvalue weighted by atomic mass is 16.1. The van der Waals surface area contributed by atoms with Crippen LogP contribution >= 0.6 is 0 Å². The van der Waals surface area contributed by atoms with Crippen molar-refractivity contribution in [2.24, 2.45) is 5.41 Å². The predicted molar refractivity (Wildman–Crippen MR) is 108 cm³/mol. The molecule has 2 aliphatic heterocycles. The van der Waals surface area contributed by atoms with Gasteiger partial charge in [0.1, 0.15) is 11.5 Å². The minimum atomic E-state index is -0.111. The molecule has 4 aromatic heterocycles. The lowest BCUT2D eigenvalue weighted by atomic mass is 9.73. The van der Waals surface area contributed by atoms with Crippen LogP contribution in [0.15, 0.2) is 41.6 Å². The Labute approximate surface area is 166 Å². The molecule has 9 nitrogen and oxygen atoms in total. The summed E-state index contributed by atoms with van der Waals surface area (Å²) in [5.74, 6) is 1.17. The molecule has 6 rings (SSSR count). The van der Waals surface area contributed by atoms with Gasteiger partial charge in [-0.1, -0.05) is 0 Å². The van der Waals surface area contributed by atoms with Crippen molar-refractivity contribution >= 4 is 17.1 Å². The van der Waals surface area contributed by atoms with Crippen LogP contribution in [0, 0.1) is 12.3 Å². The first-order chi connectivity index (χ1) is 14.0. The van der Waals surface area contributed by atoms with Crippen LogP contribution in [0.2, 0.25) is 0 Å². The first kappa shape index (κ1) is 16.6. The maximum atomic E-state index is 12.8. The lowest BCUT2D eigenvalue weighted by Gasteiger charge is -2.60. The quantitative estimate of drug-likeness (QED) is 0.504. The first-order valence-corrected chi connectivity index (χ1v) is 9.65. The number of aryl methyl sites for hydroxylation is 1. The first-order valence-electron chi connectivity index (χ1n) is 9.65. The standard InChI is InChI=1S/C20H20N8O/c1-13-22-19-21-6-14(7-28(19)24-13)16-5-18(29)27-8-15(3-4-17(27)23-16)26-11-20(12-26)9-25(2)10-20/h3-8H,9-12H2,1-2H3. The summed E-state index contributed by atoms with van der Waals surface area (Å²) < 4.78 is 3.22. The third kappa shape index (κ3) is 2.54. The van der Waals surface area contributed by atoms with Crippen molar-refractivity contribution in [3.63, 3.8) is 0 Å². The molecule has 0 saturated carbocycles. The third-order valence-electron chi connectivity index (χ3n) is 5.87. The summed E-state index contributed by atoms with van der Waals surface area (Å²) in [6.45, 7) is 6.23. The molecule has 0 radical (unpaired) electrons. The maximum absolute atomic E-state index is 12.8. The SMILES string of the molecule is Cc1nc2ncc(-c3cc(=O)n4cc(N5CC6(CN(C)C6)C5)ccc4n3)cn2n1. The van der Waals surface area contributed by atoms with E-state index in [0.29, 0.717) is 28.4 Å². The molecule has 29 heavy (non-hydrogen) atoms. The Morgan fingerprint density at radius 1 is 1.07 bits per heavy atom. The van der Waals surface area contributed by atoms with E-state index in [1.54, 1.807) is 27.4 Å². The zero-order valence-electron chi connectivity index (χ0n) is 16.3. The molecular formula is C20H20N8O. The van der Waals surface area contributed by atoms with E-state index in [2.05, 4.69) is 36.9 Å². The molecule has 0 unspecified atom stereocenters. The largest absolute Gasteiger partial charge is 0.369 e. The molecule has 2 aliphatic rings. The maximum Gasteiger partial charge on any atom is 0.258 e. The molecule has 0 atom stereocenters. The second-order valence-corrected chi connectivity index (χ2v) is 8.37. The predicted octanol–water partition coefficient (Wildman–Crippen LogP) is 0.859. The van der Waals surface area contributed by atoms with Gasteiger partial charge in [-0.05, 0) is 26.1 Å². The van der Waals surface area contributed by atoms with Gasteiger partial charge in [0.25, 0.3) is 11.3 Å². The van der Waals surface area contributed by atoms with Crippen LogP contribution < -0.4 is 10.5 Å². The summed E-state index contributed by atoms with van der Waals surface area (Å²) in [6.07, 6.45) is 5.36. The van der Waals surface area contributed by atoms with Crippen LogP contribution in [0.1, 0.15) is 5.82 Å². The number of hydrogen-bond donors (Lipinski definition) is 0. The molecule has 146 valence electrons. The normalized spacial score (nSPS) is 18.3. The van der Waals surface area contributed by atoms with Crippen LogP contribution in [-0.4, -0.2) is 67.1 Å². The lowest BCUT2D eigenvalue weighted by molar-refractivity contribution is -0.00242. The van der Waals surface area contributed by atoms with Gasteiger partial charge in [-0.25, -0.2) is 14.5 Å². The van der Waals surface area contributed by atoms with E-state index in [4.69, 9.17) is 0 Å². The lowest BCUT2D eigenvalue weighted by Crippen LogP contribution is -2.71. The van der Waals surface area contributed by atoms with Crippen molar-refractivity contribution in [3.8, 4) is 11.3 Å². The van der Waals surface area contributed by atoms with Crippen LogP contribution in [-0.2, 0) is 0 Å². The molecule has 9 heteroatoms. The number of pyridine rings is 1. The number of hydrogen-bond acceptors (Lipinski definition) is 7. The van der Waals surface area contributed by atoms with E-state index in [9.17, 15) is 4.79 Å². The van der Waals surface area contributed by atoms with E-state index < -0.39 is 0 Å². The Morgan fingerprint density at radius 3 is 2.69 bits per heavy atom. The fourth-order valence-electron chi connectivity index (χ4n) is 4.69. The Hall–Kier alpha value is -3.33. The molecule has 0 aliphatic carbocycles. The molecule has 1 spiro atoms. The van der Waals surface area contributed by atoms with Crippen molar-refractivity contribution < 1.29 is 0 Å². The van der Waals surface area contributed by atoms with E-state index in [1.807, 2.05) is 25.3 Å². The van der Waals surface area contributed by atoms with Crippen LogP contribution in [0.3, 0.4) is 0 Å². The summed E-state index contributed by atoms with van der Waals surface area (Å²) in [6, 6.07) is 5.49. The van der Waals surface area contributed by atoms with Gasteiger partial charge >= 0.3 is 0 Å². The summed E-state index contributed by atoms with van der Waals surface area (Å²) in [4.78, 5) is 30.7. The van der Waals surface area contributed by atoms with E-state index >= 15 is 0 Å². The van der Waals surface area contributed by atoms with Gasteiger partial charge in [0.2, 0.25) is 0 Å². The number of nitrogens with zero attached hydrogens (tertiary/aromatic N) is 8. The number of anilines is 1. The van der Waals surface area contributed by atoms with Crippen LogP contribution in [0.4, 0.5) is 5.69 Å². The molecular weight excluding hydrogens is 368 g/mol. The average Bonchev–Trinajstić information content (AvgIpc) is 3.02. The molecule has 0 bridgehead atoms. The van der Waals surface area contributed by atoms with Gasteiger partial charge in [-0.2, -0.15) is 10.1 Å².